The summed E-state index contributed by atoms with van der Waals surface area (Å²) in [6.45, 7) is 4.03. The van der Waals surface area contributed by atoms with E-state index in [1.165, 1.54) is 0 Å². The van der Waals surface area contributed by atoms with Crippen molar-refractivity contribution in [2.24, 2.45) is 5.92 Å². The number of anilines is 1. The van der Waals surface area contributed by atoms with E-state index in [-0.39, 0.29) is 18.2 Å². The van der Waals surface area contributed by atoms with E-state index in [9.17, 15) is 13.5 Å². The van der Waals surface area contributed by atoms with Crippen LogP contribution in [0.25, 0.3) is 0 Å². The van der Waals surface area contributed by atoms with E-state index in [4.69, 9.17) is 5.73 Å². The van der Waals surface area contributed by atoms with Crippen LogP contribution in [0.3, 0.4) is 0 Å². The second kappa shape index (κ2) is 7.61. The first-order valence-corrected chi connectivity index (χ1v) is 8.53. The molecular weight excluding hydrogens is 276 g/mol. The number of aliphatic hydroxyl groups excluding tert-OH is 1. The van der Waals surface area contributed by atoms with Crippen LogP contribution in [0.1, 0.15) is 32.3 Å². The fraction of sp³-hybridized carbons (Fsp3) is 0.571. The highest BCUT2D eigenvalue weighted by Gasteiger charge is 2.19. The third-order valence-electron chi connectivity index (χ3n) is 3.44. The summed E-state index contributed by atoms with van der Waals surface area (Å²) < 4.78 is 26.3. The molecule has 0 radical (unpaired) electrons. The van der Waals surface area contributed by atoms with Gasteiger partial charge in [-0.3, -0.25) is 0 Å². The van der Waals surface area contributed by atoms with Crippen molar-refractivity contribution in [3.8, 4) is 0 Å². The van der Waals surface area contributed by atoms with Crippen LogP contribution in [0.5, 0.6) is 0 Å². The van der Waals surface area contributed by atoms with E-state index in [1.807, 2.05) is 13.8 Å². The normalized spacial score (nSPS) is 13.6. The zero-order chi connectivity index (χ0) is 15.2. The zero-order valence-corrected chi connectivity index (χ0v) is 12.9. The fourth-order valence-electron chi connectivity index (χ4n) is 2.10. The number of rotatable bonds is 8. The van der Waals surface area contributed by atoms with Crippen molar-refractivity contribution in [2.45, 2.75) is 38.5 Å². The van der Waals surface area contributed by atoms with Gasteiger partial charge in [-0.15, -0.1) is 0 Å². The monoisotopic (exact) mass is 300 g/mol. The van der Waals surface area contributed by atoms with Crippen LogP contribution in [0.15, 0.2) is 24.3 Å². The summed E-state index contributed by atoms with van der Waals surface area (Å²) in [7, 11) is -3.44. The molecule has 0 heterocycles. The van der Waals surface area contributed by atoms with Crippen molar-refractivity contribution in [3.05, 3.63) is 29.8 Å². The Labute approximate surface area is 121 Å². The Bertz CT molecular complexity index is 496. The lowest BCUT2D eigenvalue weighted by Gasteiger charge is -2.20. The minimum Gasteiger partial charge on any atom is -0.399 e. The van der Waals surface area contributed by atoms with Crippen LogP contribution in [0.2, 0.25) is 0 Å². The number of hydrogen-bond donors (Lipinski definition) is 3. The molecular formula is C14H24N2O3S. The van der Waals surface area contributed by atoms with E-state index < -0.39 is 16.1 Å². The van der Waals surface area contributed by atoms with Gasteiger partial charge >= 0.3 is 0 Å². The second-order valence-electron chi connectivity index (χ2n) is 4.99. The van der Waals surface area contributed by atoms with Crippen LogP contribution >= 0.6 is 0 Å². The molecule has 20 heavy (non-hydrogen) atoms. The predicted molar refractivity (Wildman–Crippen MR) is 81.6 cm³/mol. The molecule has 6 heteroatoms. The molecule has 0 saturated heterocycles. The van der Waals surface area contributed by atoms with Gasteiger partial charge in [-0.05, 0) is 23.6 Å². The highest BCUT2D eigenvalue weighted by atomic mass is 32.2. The van der Waals surface area contributed by atoms with Gasteiger partial charge in [0.05, 0.1) is 11.9 Å². The lowest BCUT2D eigenvalue weighted by molar-refractivity contribution is 0.107. The summed E-state index contributed by atoms with van der Waals surface area (Å²) in [6.07, 6.45) is 1.01. The van der Waals surface area contributed by atoms with E-state index in [0.717, 1.165) is 12.8 Å². The van der Waals surface area contributed by atoms with Gasteiger partial charge in [0.25, 0.3) is 0 Å². The van der Waals surface area contributed by atoms with Crippen molar-refractivity contribution < 1.29 is 13.5 Å². The Morgan fingerprint density at radius 2 is 1.75 bits per heavy atom. The number of nitrogen functional groups attached to an aromatic ring is 1. The summed E-state index contributed by atoms with van der Waals surface area (Å²) in [5, 5.41) is 9.93. The minimum atomic E-state index is -3.44. The zero-order valence-electron chi connectivity index (χ0n) is 12.0. The minimum absolute atomic E-state index is 0.0592. The number of nitrogens with one attached hydrogen (secondary N) is 1. The molecule has 1 atom stereocenters. The van der Waals surface area contributed by atoms with Gasteiger partial charge < -0.3 is 10.8 Å². The molecule has 0 aliphatic rings. The Hall–Kier alpha value is -1.11. The standard InChI is InChI=1S/C14H24N2O3S/c1-3-12(4-2)14(17)9-16-20(18,19)10-11-5-7-13(15)8-6-11/h5-8,12,14,16-17H,3-4,9-10,15H2,1-2H3. The highest BCUT2D eigenvalue weighted by molar-refractivity contribution is 7.88. The topological polar surface area (TPSA) is 92.4 Å². The molecule has 1 aromatic carbocycles. The largest absolute Gasteiger partial charge is 0.399 e. The van der Waals surface area contributed by atoms with Gasteiger partial charge in [0.1, 0.15) is 0 Å². The highest BCUT2D eigenvalue weighted by Crippen LogP contribution is 2.13. The molecule has 0 aliphatic carbocycles. The number of aliphatic hydroxyl groups is 1. The molecule has 1 aromatic rings. The maximum absolute atomic E-state index is 11.9. The van der Waals surface area contributed by atoms with Gasteiger partial charge in [-0.2, -0.15) is 0 Å². The molecule has 0 saturated carbocycles. The smallest absolute Gasteiger partial charge is 0.215 e. The molecule has 1 rings (SSSR count). The molecule has 0 fully saturated rings. The number of sulfonamides is 1. The Balaban J connectivity index is 2.55. The van der Waals surface area contributed by atoms with Crippen LogP contribution in [0, 0.1) is 5.92 Å². The van der Waals surface area contributed by atoms with Gasteiger partial charge in [0.15, 0.2) is 0 Å². The molecule has 0 amide bonds. The Kier molecular flexibility index (Phi) is 6.45. The average Bonchev–Trinajstić information content (AvgIpc) is 2.40. The maximum atomic E-state index is 11.9. The third kappa shape index (κ3) is 5.48. The molecule has 0 aromatic heterocycles. The fourth-order valence-corrected chi connectivity index (χ4v) is 3.25. The first kappa shape index (κ1) is 16.9. The molecule has 1 unspecified atom stereocenters. The molecule has 4 N–H and O–H groups in total. The summed E-state index contributed by atoms with van der Waals surface area (Å²) in [5.74, 6) is 0.0114. The lowest BCUT2D eigenvalue weighted by Crippen LogP contribution is -2.36. The number of nitrogens with two attached hydrogens (primary N) is 1. The van der Waals surface area contributed by atoms with E-state index in [1.54, 1.807) is 24.3 Å². The van der Waals surface area contributed by atoms with Gasteiger partial charge in [-0.1, -0.05) is 38.8 Å². The van der Waals surface area contributed by atoms with E-state index >= 15 is 0 Å². The quantitative estimate of drug-likeness (QED) is 0.634. The number of hydrogen-bond acceptors (Lipinski definition) is 4. The first-order chi connectivity index (χ1) is 9.38. The predicted octanol–water partition coefficient (Wildman–Crippen LogP) is 1.49. The van der Waals surface area contributed by atoms with Crippen molar-refractivity contribution in [1.82, 2.24) is 4.72 Å². The van der Waals surface area contributed by atoms with Gasteiger partial charge in [0, 0.05) is 12.2 Å². The van der Waals surface area contributed by atoms with E-state index in [2.05, 4.69) is 4.72 Å². The van der Waals surface area contributed by atoms with Crippen molar-refractivity contribution in [3.63, 3.8) is 0 Å². The SMILES string of the molecule is CCC(CC)C(O)CNS(=O)(=O)Cc1ccc(N)cc1. The third-order valence-corrected chi connectivity index (χ3v) is 4.76. The van der Waals surface area contributed by atoms with Crippen LogP contribution in [-0.4, -0.2) is 26.2 Å². The summed E-state index contributed by atoms with van der Waals surface area (Å²) in [6, 6.07) is 6.71. The lowest BCUT2D eigenvalue weighted by atomic mass is 9.97. The first-order valence-electron chi connectivity index (χ1n) is 6.87. The van der Waals surface area contributed by atoms with Gasteiger partial charge in [-0.25, -0.2) is 13.1 Å². The molecule has 0 spiro atoms. The van der Waals surface area contributed by atoms with Crippen molar-refractivity contribution >= 4 is 15.7 Å². The van der Waals surface area contributed by atoms with Crippen LogP contribution in [0.4, 0.5) is 5.69 Å². The summed E-state index contributed by atoms with van der Waals surface area (Å²) >= 11 is 0. The maximum Gasteiger partial charge on any atom is 0.215 e. The van der Waals surface area contributed by atoms with Crippen LogP contribution < -0.4 is 10.5 Å². The molecule has 114 valence electrons. The van der Waals surface area contributed by atoms with Crippen LogP contribution in [-0.2, 0) is 15.8 Å². The van der Waals surface area contributed by atoms with Crippen molar-refractivity contribution in [1.29, 1.82) is 0 Å². The van der Waals surface area contributed by atoms with Gasteiger partial charge in [0.2, 0.25) is 10.0 Å². The molecule has 5 nitrogen and oxygen atoms in total. The van der Waals surface area contributed by atoms with Crippen molar-refractivity contribution in [2.75, 3.05) is 12.3 Å². The molecule has 0 bridgehead atoms. The Morgan fingerprint density at radius 1 is 1.20 bits per heavy atom. The second-order valence-corrected chi connectivity index (χ2v) is 6.80. The molecule has 0 aliphatic heterocycles. The Morgan fingerprint density at radius 3 is 2.25 bits per heavy atom. The average molecular weight is 300 g/mol. The summed E-state index contributed by atoms with van der Waals surface area (Å²) in [4.78, 5) is 0. The number of benzene rings is 1. The van der Waals surface area contributed by atoms with E-state index in [0.29, 0.717) is 11.3 Å². The summed E-state index contributed by atoms with van der Waals surface area (Å²) in [5.41, 5.74) is 6.82.